The highest BCUT2D eigenvalue weighted by Crippen LogP contribution is 2.14. The molecule has 1 heterocycles. The lowest BCUT2D eigenvalue weighted by atomic mass is 10.1. The molecule has 0 amide bonds. The molecule has 0 saturated carbocycles. The topological polar surface area (TPSA) is 45.7 Å². The molecule has 1 unspecified atom stereocenters. The van der Waals surface area contributed by atoms with Gasteiger partial charge in [-0.3, -0.25) is 4.99 Å². The Morgan fingerprint density at radius 2 is 2.23 bits per heavy atom. The van der Waals surface area contributed by atoms with Gasteiger partial charge in [-0.15, -0.1) is 0 Å². The monoisotopic (exact) mass is 307 g/mol. The predicted octanol–water partition coefficient (Wildman–Crippen LogP) is 2.49. The molecule has 1 aliphatic rings. The van der Waals surface area contributed by atoms with Crippen molar-refractivity contribution in [2.45, 2.75) is 38.7 Å². The molecule has 1 saturated heterocycles. The standard InChI is InChI=1S/C17H26FN3O/c1-2-19-17(21-12-10-15-7-5-13-22-15)20-11-9-14-6-3-4-8-16(14)18/h3-4,6,8,15H,2,5,7,9-13H2,1H3,(H2,19,20,21). The van der Waals surface area contributed by atoms with Gasteiger partial charge < -0.3 is 15.4 Å². The zero-order chi connectivity index (χ0) is 15.6. The Morgan fingerprint density at radius 1 is 1.36 bits per heavy atom. The maximum Gasteiger partial charge on any atom is 0.191 e. The average Bonchev–Trinajstić information content (AvgIpc) is 3.02. The summed E-state index contributed by atoms with van der Waals surface area (Å²) in [5, 5.41) is 6.47. The van der Waals surface area contributed by atoms with E-state index in [9.17, 15) is 4.39 Å². The molecule has 1 aliphatic heterocycles. The van der Waals surface area contributed by atoms with Crippen LogP contribution in [0.3, 0.4) is 0 Å². The quantitative estimate of drug-likeness (QED) is 0.601. The minimum Gasteiger partial charge on any atom is -0.378 e. The van der Waals surface area contributed by atoms with E-state index in [2.05, 4.69) is 15.6 Å². The maximum absolute atomic E-state index is 13.5. The molecule has 1 aromatic carbocycles. The normalized spacial score (nSPS) is 18.5. The molecular formula is C17H26FN3O. The summed E-state index contributed by atoms with van der Waals surface area (Å²) in [4.78, 5) is 4.55. The van der Waals surface area contributed by atoms with E-state index in [1.165, 1.54) is 6.07 Å². The number of ether oxygens (including phenoxy) is 1. The summed E-state index contributed by atoms with van der Waals surface area (Å²) < 4.78 is 19.1. The minimum atomic E-state index is -0.148. The first-order valence-electron chi connectivity index (χ1n) is 8.16. The molecular weight excluding hydrogens is 281 g/mol. The Balaban J connectivity index is 1.74. The number of hydrogen-bond donors (Lipinski definition) is 2. The van der Waals surface area contributed by atoms with Crippen molar-refractivity contribution in [3.05, 3.63) is 35.6 Å². The summed E-state index contributed by atoms with van der Waals surface area (Å²) in [5.74, 6) is 0.640. The SMILES string of the molecule is CCNC(=NCCC1CCCO1)NCCc1ccccc1F. The number of rotatable bonds is 7. The van der Waals surface area contributed by atoms with Crippen LogP contribution in [-0.2, 0) is 11.2 Å². The maximum atomic E-state index is 13.5. The Hall–Kier alpha value is -1.62. The van der Waals surface area contributed by atoms with Crippen molar-refractivity contribution in [3.8, 4) is 0 Å². The van der Waals surface area contributed by atoms with Gasteiger partial charge in [-0.05, 0) is 44.2 Å². The second-order valence-electron chi connectivity index (χ2n) is 5.45. The zero-order valence-electron chi connectivity index (χ0n) is 13.3. The number of benzene rings is 1. The molecule has 1 atom stereocenters. The molecule has 0 aromatic heterocycles. The molecule has 1 aromatic rings. The van der Waals surface area contributed by atoms with Crippen LogP contribution in [0.4, 0.5) is 4.39 Å². The van der Waals surface area contributed by atoms with Gasteiger partial charge in [0, 0.05) is 26.2 Å². The van der Waals surface area contributed by atoms with Crippen molar-refractivity contribution in [2.75, 3.05) is 26.2 Å². The van der Waals surface area contributed by atoms with Gasteiger partial charge >= 0.3 is 0 Å². The summed E-state index contributed by atoms with van der Waals surface area (Å²) in [6, 6.07) is 6.89. The lowest BCUT2D eigenvalue weighted by Crippen LogP contribution is -2.38. The van der Waals surface area contributed by atoms with Crippen LogP contribution < -0.4 is 10.6 Å². The molecule has 0 spiro atoms. The first-order valence-corrected chi connectivity index (χ1v) is 8.16. The van der Waals surface area contributed by atoms with Crippen LogP contribution in [0.5, 0.6) is 0 Å². The van der Waals surface area contributed by atoms with Gasteiger partial charge in [-0.2, -0.15) is 0 Å². The Labute approximate surface area is 132 Å². The van der Waals surface area contributed by atoms with Gasteiger partial charge in [-0.1, -0.05) is 18.2 Å². The van der Waals surface area contributed by atoms with E-state index in [-0.39, 0.29) is 5.82 Å². The summed E-state index contributed by atoms with van der Waals surface area (Å²) in [6.45, 7) is 5.14. The highest BCUT2D eigenvalue weighted by atomic mass is 19.1. The van der Waals surface area contributed by atoms with Gasteiger partial charge in [0.05, 0.1) is 6.10 Å². The molecule has 1 fully saturated rings. The van der Waals surface area contributed by atoms with Gasteiger partial charge in [0.15, 0.2) is 5.96 Å². The fourth-order valence-electron chi connectivity index (χ4n) is 2.55. The van der Waals surface area contributed by atoms with E-state index < -0.39 is 0 Å². The molecule has 0 bridgehead atoms. The van der Waals surface area contributed by atoms with Crippen molar-refractivity contribution < 1.29 is 9.13 Å². The van der Waals surface area contributed by atoms with E-state index in [1.54, 1.807) is 6.07 Å². The minimum absolute atomic E-state index is 0.148. The van der Waals surface area contributed by atoms with Crippen LogP contribution in [0, 0.1) is 5.82 Å². The van der Waals surface area contributed by atoms with Crippen molar-refractivity contribution in [2.24, 2.45) is 4.99 Å². The number of nitrogens with one attached hydrogen (secondary N) is 2. The predicted molar refractivity (Wildman–Crippen MR) is 87.7 cm³/mol. The second kappa shape index (κ2) is 9.41. The van der Waals surface area contributed by atoms with E-state index >= 15 is 0 Å². The van der Waals surface area contributed by atoms with Crippen LogP contribution in [-0.4, -0.2) is 38.3 Å². The molecule has 4 nitrogen and oxygen atoms in total. The van der Waals surface area contributed by atoms with E-state index in [4.69, 9.17) is 4.74 Å². The van der Waals surface area contributed by atoms with Crippen LogP contribution in [0.15, 0.2) is 29.3 Å². The van der Waals surface area contributed by atoms with Crippen LogP contribution in [0.25, 0.3) is 0 Å². The fraction of sp³-hybridized carbons (Fsp3) is 0.588. The average molecular weight is 307 g/mol. The van der Waals surface area contributed by atoms with Crippen molar-refractivity contribution in [1.29, 1.82) is 0 Å². The van der Waals surface area contributed by atoms with Gasteiger partial charge in [0.25, 0.3) is 0 Å². The van der Waals surface area contributed by atoms with Gasteiger partial charge in [0.1, 0.15) is 5.82 Å². The number of aliphatic imine (C=N–C) groups is 1. The van der Waals surface area contributed by atoms with Crippen LogP contribution >= 0.6 is 0 Å². The molecule has 2 rings (SSSR count). The molecule has 2 N–H and O–H groups in total. The number of guanidine groups is 1. The molecule has 22 heavy (non-hydrogen) atoms. The second-order valence-corrected chi connectivity index (χ2v) is 5.45. The summed E-state index contributed by atoms with van der Waals surface area (Å²) >= 11 is 0. The molecule has 122 valence electrons. The fourth-order valence-corrected chi connectivity index (χ4v) is 2.55. The number of nitrogens with zero attached hydrogens (tertiary/aromatic N) is 1. The largest absolute Gasteiger partial charge is 0.378 e. The van der Waals surface area contributed by atoms with E-state index in [0.29, 0.717) is 19.1 Å². The van der Waals surface area contributed by atoms with Gasteiger partial charge in [-0.25, -0.2) is 4.39 Å². The summed E-state index contributed by atoms with van der Waals surface area (Å²) in [5.41, 5.74) is 0.727. The van der Waals surface area contributed by atoms with Crippen molar-refractivity contribution >= 4 is 5.96 Å². The Kier molecular flexibility index (Phi) is 7.16. The third-order valence-corrected chi connectivity index (χ3v) is 3.73. The third kappa shape index (κ3) is 5.64. The molecule has 0 radical (unpaired) electrons. The number of halogens is 1. The van der Waals surface area contributed by atoms with Crippen molar-refractivity contribution in [3.63, 3.8) is 0 Å². The lowest BCUT2D eigenvalue weighted by molar-refractivity contribution is 0.106. The summed E-state index contributed by atoms with van der Waals surface area (Å²) in [7, 11) is 0. The van der Waals surface area contributed by atoms with E-state index in [1.807, 2.05) is 19.1 Å². The van der Waals surface area contributed by atoms with Crippen LogP contribution in [0.2, 0.25) is 0 Å². The van der Waals surface area contributed by atoms with Gasteiger partial charge in [0.2, 0.25) is 0 Å². The first-order chi connectivity index (χ1) is 10.8. The molecule has 5 heteroatoms. The Morgan fingerprint density at radius 3 is 2.95 bits per heavy atom. The summed E-state index contributed by atoms with van der Waals surface area (Å²) in [6.07, 6.45) is 4.28. The number of hydrogen-bond acceptors (Lipinski definition) is 2. The molecule has 0 aliphatic carbocycles. The van der Waals surface area contributed by atoms with Crippen molar-refractivity contribution in [1.82, 2.24) is 10.6 Å². The highest BCUT2D eigenvalue weighted by molar-refractivity contribution is 5.79. The zero-order valence-corrected chi connectivity index (χ0v) is 13.3. The highest BCUT2D eigenvalue weighted by Gasteiger charge is 2.14. The lowest BCUT2D eigenvalue weighted by Gasteiger charge is -2.12. The Bertz CT molecular complexity index is 473. The van der Waals surface area contributed by atoms with E-state index in [0.717, 1.165) is 50.5 Å². The third-order valence-electron chi connectivity index (χ3n) is 3.73. The first kappa shape index (κ1) is 16.7. The van der Waals surface area contributed by atoms with Crippen LogP contribution in [0.1, 0.15) is 31.7 Å². The smallest absolute Gasteiger partial charge is 0.191 e.